The van der Waals surface area contributed by atoms with Gasteiger partial charge in [0.25, 0.3) is 5.91 Å². The van der Waals surface area contributed by atoms with Crippen LogP contribution in [0.5, 0.6) is 0 Å². The molecule has 0 spiro atoms. The minimum Gasteiger partial charge on any atom is -0.349 e. The van der Waals surface area contributed by atoms with E-state index in [4.69, 9.17) is 0 Å². The first kappa shape index (κ1) is 11.1. The maximum Gasteiger partial charge on any atom is 0.251 e. The largest absolute Gasteiger partial charge is 0.349 e. The average Bonchev–Trinajstić information content (AvgIpc) is 2.90. The number of hydrogen-bond donors (Lipinski definition) is 1. The predicted molar refractivity (Wildman–Crippen MR) is 63.9 cm³/mol. The van der Waals surface area contributed by atoms with Gasteiger partial charge in [0.1, 0.15) is 12.7 Å². The predicted octanol–water partition coefficient (Wildman–Crippen LogP) is 1.18. The third kappa shape index (κ3) is 2.57. The smallest absolute Gasteiger partial charge is 0.251 e. The first-order valence-electron chi connectivity index (χ1n) is 5.15. The van der Waals surface area contributed by atoms with Crippen LogP contribution in [-0.2, 0) is 0 Å². The standard InChI is InChI=1S/C12H12N4O/c1-2-7-14-12(17)10-3-5-11(6-4-10)16-9-13-8-15-16/h2-6,8-9H,1,7H2,(H,14,17). The highest BCUT2D eigenvalue weighted by atomic mass is 16.1. The maximum absolute atomic E-state index is 11.6. The zero-order valence-corrected chi connectivity index (χ0v) is 9.21. The number of rotatable bonds is 4. The molecule has 1 aromatic carbocycles. The van der Waals surface area contributed by atoms with Crippen molar-refractivity contribution in [2.45, 2.75) is 0 Å². The van der Waals surface area contributed by atoms with Crippen LogP contribution in [0, 0.1) is 0 Å². The summed E-state index contributed by atoms with van der Waals surface area (Å²) in [4.78, 5) is 15.5. The monoisotopic (exact) mass is 228 g/mol. The van der Waals surface area contributed by atoms with Crippen LogP contribution in [0.3, 0.4) is 0 Å². The molecule has 5 nitrogen and oxygen atoms in total. The van der Waals surface area contributed by atoms with Gasteiger partial charge in [-0.3, -0.25) is 4.79 Å². The SMILES string of the molecule is C=CCNC(=O)c1ccc(-n2cncn2)cc1. The van der Waals surface area contributed by atoms with Crippen LogP contribution in [0.1, 0.15) is 10.4 Å². The van der Waals surface area contributed by atoms with Crippen molar-refractivity contribution < 1.29 is 4.79 Å². The van der Waals surface area contributed by atoms with E-state index in [2.05, 4.69) is 22.0 Å². The molecule has 0 radical (unpaired) electrons. The van der Waals surface area contributed by atoms with Gasteiger partial charge in [0.2, 0.25) is 0 Å². The minimum absolute atomic E-state index is 0.116. The van der Waals surface area contributed by atoms with E-state index >= 15 is 0 Å². The summed E-state index contributed by atoms with van der Waals surface area (Å²) >= 11 is 0. The van der Waals surface area contributed by atoms with Gasteiger partial charge in [0.05, 0.1) is 5.69 Å². The van der Waals surface area contributed by atoms with Gasteiger partial charge in [0, 0.05) is 12.1 Å². The molecule has 1 N–H and O–H groups in total. The molecule has 0 atom stereocenters. The quantitative estimate of drug-likeness (QED) is 0.799. The third-order valence-electron chi connectivity index (χ3n) is 2.22. The lowest BCUT2D eigenvalue weighted by Gasteiger charge is -2.04. The molecule has 1 heterocycles. The van der Waals surface area contributed by atoms with Crippen molar-refractivity contribution in [1.29, 1.82) is 0 Å². The molecule has 2 rings (SSSR count). The number of amides is 1. The number of benzene rings is 1. The number of carbonyl (C=O) groups excluding carboxylic acids is 1. The molecule has 1 amide bonds. The molecular formula is C12H12N4O. The van der Waals surface area contributed by atoms with Crippen molar-refractivity contribution in [3.8, 4) is 5.69 Å². The molecule has 5 heteroatoms. The van der Waals surface area contributed by atoms with E-state index in [1.54, 1.807) is 29.2 Å². The Kier molecular flexibility index (Phi) is 3.30. The van der Waals surface area contributed by atoms with E-state index in [1.807, 2.05) is 12.1 Å². The van der Waals surface area contributed by atoms with Crippen molar-refractivity contribution in [1.82, 2.24) is 20.1 Å². The van der Waals surface area contributed by atoms with Gasteiger partial charge in [-0.15, -0.1) is 6.58 Å². The second kappa shape index (κ2) is 5.07. The summed E-state index contributed by atoms with van der Waals surface area (Å²) in [6, 6.07) is 7.12. The van der Waals surface area contributed by atoms with Crippen molar-refractivity contribution in [2.75, 3.05) is 6.54 Å². The van der Waals surface area contributed by atoms with E-state index in [0.717, 1.165) is 5.69 Å². The Bertz CT molecular complexity index is 502. The zero-order valence-electron chi connectivity index (χ0n) is 9.21. The summed E-state index contributed by atoms with van der Waals surface area (Å²) in [6.45, 7) is 4.00. The van der Waals surface area contributed by atoms with Crippen LogP contribution >= 0.6 is 0 Å². The Morgan fingerprint density at radius 2 is 2.18 bits per heavy atom. The Labute approximate surface area is 98.8 Å². The van der Waals surface area contributed by atoms with Crippen LogP contribution in [-0.4, -0.2) is 27.2 Å². The van der Waals surface area contributed by atoms with Gasteiger partial charge in [-0.1, -0.05) is 6.08 Å². The summed E-state index contributed by atoms with van der Waals surface area (Å²) in [5.41, 5.74) is 1.47. The maximum atomic E-state index is 11.6. The topological polar surface area (TPSA) is 59.8 Å². The van der Waals surface area contributed by atoms with Gasteiger partial charge < -0.3 is 5.32 Å². The van der Waals surface area contributed by atoms with Crippen molar-refractivity contribution in [2.24, 2.45) is 0 Å². The van der Waals surface area contributed by atoms with Crippen molar-refractivity contribution in [3.05, 3.63) is 55.1 Å². The number of carbonyl (C=O) groups is 1. The summed E-state index contributed by atoms with van der Waals surface area (Å²) in [5, 5.41) is 6.71. The lowest BCUT2D eigenvalue weighted by Crippen LogP contribution is -2.23. The van der Waals surface area contributed by atoms with Gasteiger partial charge in [-0.05, 0) is 24.3 Å². The average molecular weight is 228 g/mol. The van der Waals surface area contributed by atoms with Crippen LogP contribution in [0.4, 0.5) is 0 Å². The Balaban J connectivity index is 2.13. The molecule has 86 valence electrons. The van der Waals surface area contributed by atoms with E-state index in [1.165, 1.54) is 6.33 Å². The molecule has 0 unspecified atom stereocenters. The summed E-state index contributed by atoms with van der Waals surface area (Å²) in [7, 11) is 0. The first-order chi connectivity index (χ1) is 8.31. The second-order valence-corrected chi connectivity index (χ2v) is 3.39. The number of nitrogens with zero attached hydrogens (tertiary/aromatic N) is 3. The molecule has 0 aliphatic heterocycles. The lowest BCUT2D eigenvalue weighted by atomic mass is 10.2. The fraction of sp³-hybridized carbons (Fsp3) is 0.0833. The van der Waals surface area contributed by atoms with Crippen molar-refractivity contribution in [3.63, 3.8) is 0 Å². The number of nitrogens with one attached hydrogen (secondary N) is 1. The zero-order chi connectivity index (χ0) is 12.1. The molecule has 2 aromatic rings. The van der Waals surface area contributed by atoms with E-state index in [-0.39, 0.29) is 5.91 Å². The minimum atomic E-state index is -0.116. The summed E-state index contributed by atoms with van der Waals surface area (Å²) in [5.74, 6) is -0.116. The Morgan fingerprint density at radius 3 is 2.76 bits per heavy atom. The number of aromatic nitrogens is 3. The van der Waals surface area contributed by atoms with Gasteiger partial charge in [-0.25, -0.2) is 9.67 Å². The van der Waals surface area contributed by atoms with Gasteiger partial charge >= 0.3 is 0 Å². The Morgan fingerprint density at radius 1 is 1.41 bits per heavy atom. The van der Waals surface area contributed by atoms with Crippen LogP contribution in [0.2, 0.25) is 0 Å². The highest BCUT2D eigenvalue weighted by Crippen LogP contribution is 2.07. The van der Waals surface area contributed by atoms with Crippen LogP contribution in [0.15, 0.2) is 49.6 Å². The number of hydrogen-bond acceptors (Lipinski definition) is 3. The molecular weight excluding hydrogens is 216 g/mol. The highest BCUT2D eigenvalue weighted by Gasteiger charge is 2.04. The van der Waals surface area contributed by atoms with Gasteiger partial charge in [-0.2, -0.15) is 5.10 Å². The molecule has 0 saturated carbocycles. The van der Waals surface area contributed by atoms with E-state index < -0.39 is 0 Å². The van der Waals surface area contributed by atoms with Gasteiger partial charge in [0.15, 0.2) is 0 Å². The second-order valence-electron chi connectivity index (χ2n) is 3.39. The lowest BCUT2D eigenvalue weighted by molar-refractivity contribution is 0.0958. The van der Waals surface area contributed by atoms with Crippen LogP contribution < -0.4 is 5.32 Å². The van der Waals surface area contributed by atoms with Crippen molar-refractivity contribution >= 4 is 5.91 Å². The fourth-order valence-corrected chi connectivity index (χ4v) is 1.37. The normalized spacial score (nSPS) is 9.88. The molecule has 0 fully saturated rings. The molecule has 0 saturated heterocycles. The Hall–Kier alpha value is -2.43. The molecule has 0 aliphatic carbocycles. The third-order valence-corrected chi connectivity index (χ3v) is 2.22. The first-order valence-corrected chi connectivity index (χ1v) is 5.15. The summed E-state index contributed by atoms with van der Waals surface area (Å²) in [6.07, 6.45) is 4.71. The molecule has 17 heavy (non-hydrogen) atoms. The highest BCUT2D eigenvalue weighted by molar-refractivity contribution is 5.94. The summed E-state index contributed by atoms with van der Waals surface area (Å²) < 4.78 is 1.63. The van der Waals surface area contributed by atoms with E-state index in [9.17, 15) is 4.79 Å². The molecule has 0 bridgehead atoms. The molecule has 0 aliphatic rings. The molecule has 1 aromatic heterocycles. The van der Waals surface area contributed by atoms with Crippen LogP contribution in [0.25, 0.3) is 5.69 Å². The fourth-order valence-electron chi connectivity index (χ4n) is 1.37. The van der Waals surface area contributed by atoms with E-state index in [0.29, 0.717) is 12.1 Å².